The zero-order valence-electron chi connectivity index (χ0n) is 11.5. The van der Waals surface area contributed by atoms with Gasteiger partial charge < -0.3 is 4.74 Å². The number of rotatable bonds is 2. The second-order valence-corrected chi connectivity index (χ2v) is 4.45. The van der Waals surface area contributed by atoms with Crippen LogP contribution in [0.2, 0.25) is 0 Å². The molecule has 0 radical (unpaired) electrons. The highest BCUT2D eigenvalue weighted by molar-refractivity contribution is 5.31. The Morgan fingerprint density at radius 1 is 1.19 bits per heavy atom. The molecule has 0 saturated carbocycles. The standard InChI is InChI=1S/C9H9N5O.C5H5N/c1-6-7(8-4-15-8)2-3-9(11-6)14-5-10-12-13-14;1-2-4-6-5-3-1/h2-3,5,8H,4H2,1H3;1-5H. The maximum absolute atomic E-state index is 5.22. The molecule has 0 aromatic carbocycles. The van der Waals surface area contributed by atoms with Gasteiger partial charge in [0.05, 0.1) is 6.61 Å². The second-order valence-electron chi connectivity index (χ2n) is 4.45. The summed E-state index contributed by atoms with van der Waals surface area (Å²) in [5.74, 6) is 0.724. The predicted octanol–water partition coefficient (Wildman–Crippen LogP) is 1.52. The van der Waals surface area contributed by atoms with E-state index in [4.69, 9.17) is 4.74 Å². The van der Waals surface area contributed by atoms with E-state index >= 15 is 0 Å². The first-order valence-electron chi connectivity index (χ1n) is 6.52. The fraction of sp³-hybridized carbons (Fsp3) is 0.214. The average Bonchev–Trinajstić information content (AvgIpc) is 3.23. The summed E-state index contributed by atoms with van der Waals surface area (Å²) in [7, 11) is 0. The summed E-state index contributed by atoms with van der Waals surface area (Å²) < 4.78 is 6.75. The number of hydrogen-bond donors (Lipinski definition) is 0. The third-order valence-corrected chi connectivity index (χ3v) is 2.94. The van der Waals surface area contributed by atoms with Crippen molar-refractivity contribution in [2.45, 2.75) is 13.0 Å². The van der Waals surface area contributed by atoms with Crippen LogP contribution < -0.4 is 0 Å². The van der Waals surface area contributed by atoms with Crippen LogP contribution in [0.1, 0.15) is 17.4 Å². The highest BCUT2D eigenvalue weighted by atomic mass is 16.6. The number of tetrazole rings is 1. The summed E-state index contributed by atoms with van der Waals surface area (Å²) in [6, 6.07) is 9.62. The van der Waals surface area contributed by atoms with Gasteiger partial charge in [0.15, 0.2) is 5.82 Å². The molecule has 1 atom stereocenters. The Kier molecular flexibility index (Phi) is 3.92. The molecular weight excluding hydrogens is 268 g/mol. The van der Waals surface area contributed by atoms with Crippen molar-refractivity contribution < 1.29 is 4.74 Å². The van der Waals surface area contributed by atoms with Crippen molar-refractivity contribution in [3.63, 3.8) is 0 Å². The zero-order valence-corrected chi connectivity index (χ0v) is 11.5. The van der Waals surface area contributed by atoms with Crippen LogP contribution in [0.5, 0.6) is 0 Å². The maximum Gasteiger partial charge on any atom is 0.157 e. The summed E-state index contributed by atoms with van der Waals surface area (Å²) in [5.41, 5.74) is 2.11. The predicted molar refractivity (Wildman–Crippen MR) is 74.6 cm³/mol. The average molecular weight is 282 g/mol. The Morgan fingerprint density at radius 2 is 2.00 bits per heavy atom. The van der Waals surface area contributed by atoms with E-state index in [0.717, 1.165) is 23.7 Å². The summed E-state index contributed by atoms with van der Waals surface area (Å²) in [4.78, 5) is 8.20. The Balaban J connectivity index is 0.000000186. The van der Waals surface area contributed by atoms with Crippen LogP contribution in [0.25, 0.3) is 5.82 Å². The first-order chi connectivity index (χ1) is 10.3. The molecule has 1 aliphatic rings. The zero-order chi connectivity index (χ0) is 14.5. The Bertz CT molecular complexity index is 655. The van der Waals surface area contributed by atoms with Gasteiger partial charge in [-0.2, -0.15) is 4.68 Å². The minimum Gasteiger partial charge on any atom is -0.368 e. The van der Waals surface area contributed by atoms with E-state index in [1.807, 2.05) is 37.3 Å². The van der Waals surface area contributed by atoms with E-state index in [-0.39, 0.29) is 6.10 Å². The molecule has 0 amide bonds. The van der Waals surface area contributed by atoms with Crippen molar-refractivity contribution in [2.75, 3.05) is 6.61 Å². The van der Waals surface area contributed by atoms with Crippen molar-refractivity contribution in [3.8, 4) is 5.82 Å². The third-order valence-electron chi connectivity index (χ3n) is 2.94. The highest BCUT2D eigenvalue weighted by Gasteiger charge is 2.26. The van der Waals surface area contributed by atoms with Gasteiger partial charge in [-0.15, -0.1) is 5.10 Å². The van der Waals surface area contributed by atoms with Crippen molar-refractivity contribution >= 4 is 0 Å². The molecule has 1 aliphatic heterocycles. The molecule has 7 heteroatoms. The Morgan fingerprint density at radius 3 is 2.48 bits per heavy atom. The van der Waals surface area contributed by atoms with E-state index < -0.39 is 0 Å². The van der Waals surface area contributed by atoms with Crippen LogP contribution in [0.15, 0.2) is 49.1 Å². The number of nitrogens with zero attached hydrogens (tertiary/aromatic N) is 6. The van der Waals surface area contributed by atoms with Gasteiger partial charge in [0.2, 0.25) is 0 Å². The van der Waals surface area contributed by atoms with Crippen molar-refractivity contribution in [1.82, 2.24) is 30.2 Å². The molecule has 1 fully saturated rings. The number of hydrogen-bond acceptors (Lipinski definition) is 6. The lowest BCUT2D eigenvalue weighted by Crippen LogP contribution is -2.01. The number of pyridine rings is 2. The molecule has 3 aromatic rings. The van der Waals surface area contributed by atoms with E-state index in [1.165, 1.54) is 11.0 Å². The van der Waals surface area contributed by atoms with Crippen LogP contribution in [-0.2, 0) is 4.74 Å². The summed E-state index contributed by atoms with van der Waals surface area (Å²) >= 11 is 0. The van der Waals surface area contributed by atoms with Crippen LogP contribution >= 0.6 is 0 Å². The molecule has 1 unspecified atom stereocenters. The molecule has 106 valence electrons. The van der Waals surface area contributed by atoms with Crippen molar-refractivity contribution in [2.24, 2.45) is 0 Å². The fourth-order valence-corrected chi connectivity index (χ4v) is 1.83. The first-order valence-corrected chi connectivity index (χ1v) is 6.52. The number of aryl methyl sites for hydroxylation is 1. The molecule has 3 aromatic heterocycles. The SMILES string of the molecule is Cc1nc(-n2cnnn2)ccc1C1CO1.c1ccncc1. The fourth-order valence-electron chi connectivity index (χ4n) is 1.83. The molecule has 0 bridgehead atoms. The lowest BCUT2D eigenvalue weighted by molar-refractivity contribution is 0.414. The van der Waals surface area contributed by atoms with Gasteiger partial charge in [-0.05, 0) is 35.5 Å². The smallest absolute Gasteiger partial charge is 0.157 e. The topological polar surface area (TPSA) is 81.9 Å². The lowest BCUT2D eigenvalue weighted by atomic mass is 10.1. The van der Waals surface area contributed by atoms with E-state index in [2.05, 4.69) is 25.5 Å². The van der Waals surface area contributed by atoms with Crippen LogP contribution in [0, 0.1) is 6.92 Å². The van der Waals surface area contributed by atoms with E-state index in [1.54, 1.807) is 12.4 Å². The first kappa shape index (κ1) is 13.3. The van der Waals surface area contributed by atoms with Crippen LogP contribution in [0.4, 0.5) is 0 Å². The lowest BCUT2D eigenvalue weighted by Gasteiger charge is -2.03. The highest BCUT2D eigenvalue weighted by Crippen LogP contribution is 2.31. The minimum atomic E-state index is 0.237. The van der Waals surface area contributed by atoms with Gasteiger partial charge >= 0.3 is 0 Å². The van der Waals surface area contributed by atoms with Crippen LogP contribution in [0.3, 0.4) is 0 Å². The summed E-state index contributed by atoms with van der Waals surface area (Å²) in [6.07, 6.45) is 5.26. The largest absolute Gasteiger partial charge is 0.368 e. The Hall–Kier alpha value is -2.67. The quantitative estimate of drug-likeness (QED) is 0.663. The van der Waals surface area contributed by atoms with E-state index in [0.29, 0.717) is 0 Å². The number of aromatic nitrogens is 6. The van der Waals surface area contributed by atoms with E-state index in [9.17, 15) is 0 Å². The molecule has 7 nitrogen and oxygen atoms in total. The Labute approximate surface area is 121 Å². The van der Waals surface area contributed by atoms with Crippen molar-refractivity contribution in [1.29, 1.82) is 0 Å². The van der Waals surface area contributed by atoms with Crippen molar-refractivity contribution in [3.05, 3.63) is 60.3 Å². The molecule has 4 heterocycles. The molecule has 0 N–H and O–H groups in total. The van der Waals surface area contributed by atoms with Gasteiger partial charge in [-0.1, -0.05) is 12.1 Å². The van der Waals surface area contributed by atoms with Crippen LogP contribution in [-0.4, -0.2) is 36.8 Å². The maximum atomic E-state index is 5.22. The molecule has 0 spiro atoms. The molecular formula is C14H14N6O. The molecule has 0 aliphatic carbocycles. The number of epoxide rings is 1. The normalized spacial score (nSPS) is 16.0. The summed E-state index contributed by atoms with van der Waals surface area (Å²) in [6.45, 7) is 2.76. The number of ether oxygens (including phenoxy) is 1. The second kappa shape index (κ2) is 6.19. The monoisotopic (exact) mass is 282 g/mol. The molecule has 21 heavy (non-hydrogen) atoms. The summed E-state index contributed by atoms with van der Waals surface area (Å²) in [5, 5.41) is 10.9. The minimum absolute atomic E-state index is 0.237. The van der Waals surface area contributed by atoms with Gasteiger partial charge in [-0.3, -0.25) is 4.98 Å². The third kappa shape index (κ3) is 3.46. The van der Waals surface area contributed by atoms with Gasteiger partial charge in [0.1, 0.15) is 12.4 Å². The van der Waals surface area contributed by atoms with Gasteiger partial charge in [0, 0.05) is 23.7 Å². The molecule has 1 saturated heterocycles. The molecule has 4 rings (SSSR count). The van der Waals surface area contributed by atoms with Gasteiger partial charge in [0.25, 0.3) is 0 Å². The van der Waals surface area contributed by atoms with Gasteiger partial charge in [-0.25, -0.2) is 4.98 Å².